The maximum atomic E-state index is 11.3. The van der Waals surface area contributed by atoms with Gasteiger partial charge in [-0.1, -0.05) is 23.9 Å². The Morgan fingerprint density at radius 3 is 2.61 bits per heavy atom. The van der Waals surface area contributed by atoms with Gasteiger partial charge in [-0.3, -0.25) is 4.79 Å². The minimum atomic E-state index is -0.305. The van der Waals surface area contributed by atoms with Gasteiger partial charge in [0.2, 0.25) is 0 Å². The molecular formula is C17H19NO3S2. The van der Waals surface area contributed by atoms with E-state index in [2.05, 4.69) is 4.98 Å². The first-order chi connectivity index (χ1) is 11.1. The third-order valence-corrected chi connectivity index (χ3v) is 6.34. The number of carbonyl (C=O) groups is 1. The van der Waals surface area contributed by atoms with Gasteiger partial charge in [-0.2, -0.15) is 0 Å². The molecule has 0 unspecified atom stereocenters. The molecule has 1 aliphatic rings. The monoisotopic (exact) mass is 349 g/mol. The van der Waals surface area contributed by atoms with Crippen molar-refractivity contribution in [2.45, 2.75) is 34.5 Å². The summed E-state index contributed by atoms with van der Waals surface area (Å²) in [4.78, 5) is 17.0. The highest BCUT2D eigenvalue weighted by Gasteiger charge is 2.37. The molecule has 0 N–H and O–H groups in total. The zero-order chi connectivity index (χ0) is 16.3. The van der Waals surface area contributed by atoms with Gasteiger partial charge in [0.05, 0.1) is 10.4 Å². The van der Waals surface area contributed by atoms with E-state index in [1.807, 2.05) is 30.5 Å². The highest BCUT2D eigenvalue weighted by atomic mass is 32.2. The van der Waals surface area contributed by atoms with Gasteiger partial charge in [0.1, 0.15) is 10.6 Å². The largest absolute Gasteiger partial charge is 0.381 e. The van der Waals surface area contributed by atoms with Gasteiger partial charge < -0.3 is 9.47 Å². The van der Waals surface area contributed by atoms with Crippen LogP contribution in [-0.4, -0.2) is 31.1 Å². The number of ether oxygens (including phenoxy) is 2. The maximum absolute atomic E-state index is 11.3. The second-order valence-corrected chi connectivity index (χ2v) is 7.88. The molecule has 0 bridgehead atoms. The van der Waals surface area contributed by atoms with Crippen LogP contribution in [-0.2, 0) is 15.1 Å². The van der Waals surface area contributed by atoms with E-state index in [9.17, 15) is 4.79 Å². The van der Waals surface area contributed by atoms with E-state index in [0.29, 0.717) is 13.2 Å². The number of ketones is 1. The van der Waals surface area contributed by atoms with Crippen molar-refractivity contribution in [3.05, 3.63) is 41.0 Å². The van der Waals surface area contributed by atoms with Crippen LogP contribution in [0.25, 0.3) is 0 Å². The summed E-state index contributed by atoms with van der Waals surface area (Å²) >= 11 is 3.33. The van der Waals surface area contributed by atoms with Crippen LogP contribution in [0.1, 0.15) is 35.1 Å². The number of hydrogen-bond acceptors (Lipinski definition) is 6. The molecule has 1 aliphatic heterocycles. The van der Waals surface area contributed by atoms with Gasteiger partial charge in [0.15, 0.2) is 5.78 Å². The van der Waals surface area contributed by atoms with E-state index in [-0.39, 0.29) is 11.4 Å². The first kappa shape index (κ1) is 16.6. The molecule has 4 nitrogen and oxygen atoms in total. The van der Waals surface area contributed by atoms with Crippen molar-refractivity contribution < 1.29 is 14.3 Å². The minimum Gasteiger partial charge on any atom is -0.381 e. The Morgan fingerprint density at radius 2 is 2.00 bits per heavy atom. The number of thiazole rings is 1. The van der Waals surface area contributed by atoms with E-state index in [0.717, 1.165) is 32.5 Å². The fraction of sp³-hybridized carbons (Fsp3) is 0.412. The van der Waals surface area contributed by atoms with E-state index in [1.165, 1.54) is 0 Å². The molecular weight excluding hydrogens is 330 g/mol. The molecule has 23 heavy (non-hydrogen) atoms. The number of methoxy groups -OCH3 is 1. The number of carbonyl (C=O) groups excluding carboxylic acids is 1. The molecule has 3 rings (SSSR count). The van der Waals surface area contributed by atoms with Crippen molar-refractivity contribution in [1.29, 1.82) is 0 Å². The molecule has 2 aromatic rings. The number of benzene rings is 1. The molecule has 1 aromatic heterocycles. The van der Waals surface area contributed by atoms with Crippen LogP contribution in [0.4, 0.5) is 0 Å². The van der Waals surface area contributed by atoms with Crippen LogP contribution in [0, 0.1) is 0 Å². The van der Waals surface area contributed by atoms with E-state index in [1.54, 1.807) is 37.1 Å². The molecule has 0 aliphatic carbocycles. The molecule has 0 saturated carbocycles. The van der Waals surface area contributed by atoms with Crippen LogP contribution in [0.2, 0.25) is 0 Å². The van der Waals surface area contributed by atoms with Crippen molar-refractivity contribution in [2.24, 2.45) is 0 Å². The molecule has 0 spiro atoms. The van der Waals surface area contributed by atoms with Gasteiger partial charge in [-0.05, 0) is 19.1 Å². The Hall–Kier alpha value is -1.21. The van der Waals surface area contributed by atoms with Gasteiger partial charge >= 0.3 is 0 Å². The minimum absolute atomic E-state index is 0.0863. The van der Waals surface area contributed by atoms with Gasteiger partial charge in [0.25, 0.3) is 0 Å². The highest BCUT2D eigenvalue weighted by Crippen LogP contribution is 2.41. The molecule has 0 atom stereocenters. The van der Waals surface area contributed by atoms with E-state index in [4.69, 9.17) is 9.47 Å². The zero-order valence-corrected chi connectivity index (χ0v) is 14.8. The number of aromatic nitrogens is 1. The Morgan fingerprint density at radius 1 is 1.30 bits per heavy atom. The number of Topliss-reactive ketones (excluding diaryl/α,β-unsaturated/α-hetero) is 1. The lowest BCUT2D eigenvalue weighted by molar-refractivity contribution is -0.0948. The maximum Gasteiger partial charge on any atom is 0.159 e. The predicted molar refractivity (Wildman–Crippen MR) is 91.4 cm³/mol. The van der Waals surface area contributed by atoms with Gasteiger partial charge in [0, 0.05) is 43.6 Å². The molecule has 1 fully saturated rings. The quantitative estimate of drug-likeness (QED) is 0.759. The Bertz CT molecular complexity index is 675. The third-order valence-electron chi connectivity index (χ3n) is 4.04. The normalized spacial score (nSPS) is 17.1. The van der Waals surface area contributed by atoms with Gasteiger partial charge in [-0.25, -0.2) is 4.98 Å². The summed E-state index contributed by atoms with van der Waals surface area (Å²) in [5.74, 6) is 0.0863. The standard InChI is InChI=1S/C17H19NO3S2/c1-12(19)13-3-5-14(6-4-13)22-15-11-18-16(23-15)17(20-2)7-9-21-10-8-17/h3-6,11H,7-10H2,1-2H3. The van der Waals surface area contributed by atoms with Gasteiger partial charge in [-0.15, -0.1) is 11.3 Å². The Balaban J connectivity index is 1.75. The second kappa shape index (κ2) is 7.13. The van der Waals surface area contributed by atoms with E-state index < -0.39 is 0 Å². The first-order valence-electron chi connectivity index (χ1n) is 7.51. The lowest BCUT2D eigenvalue weighted by Crippen LogP contribution is -2.35. The van der Waals surface area contributed by atoms with Crippen LogP contribution >= 0.6 is 23.1 Å². The SMILES string of the molecule is COC1(c2ncc(Sc3ccc(C(C)=O)cc3)s2)CCOCC1. The van der Waals surface area contributed by atoms with Crippen molar-refractivity contribution in [3.8, 4) is 0 Å². The lowest BCUT2D eigenvalue weighted by atomic mass is 9.95. The summed E-state index contributed by atoms with van der Waals surface area (Å²) in [7, 11) is 1.75. The third kappa shape index (κ3) is 3.66. The fourth-order valence-electron chi connectivity index (χ4n) is 2.60. The summed E-state index contributed by atoms with van der Waals surface area (Å²) in [6.45, 7) is 3.00. The number of hydrogen-bond donors (Lipinski definition) is 0. The molecule has 6 heteroatoms. The molecule has 1 aromatic carbocycles. The fourth-order valence-corrected chi connectivity index (χ4v) is 4.77. The molecule has 0 amide bonds. The lowest BCUT2D eigenvalue weighted by Gasteiger charge is -2.33. The van der Waals surface area contributed by atoms with Crippen LogP contribution in [0.15, 0.2) is 39.6 Å². The Kier molecular flexibility index (Phi) is 5.16. The summed E-state index contributed by atoms with van der Waals surface area (Å²) in [6, 6.07) is 7.67. The average Bonchev–Trinajstić information content (AvgIpc) is 3.05. The van der Waals surface area contributed by atoms with Crippen molar-refractivity contribution in [1.82, 2.24) is 4.98 Å². The van der Waals surface area contributed by atoms with Crippen molar-refractivity contribution in [2.75, 3.05) is 20.3 Å². The summed E-state index contributed by atoms with van der Waals surface area (Å²) < 4.78 is 12.4. The summed E-state index contributed by atoms with van der Waals surface area (Å²) in [6.07, 6.45) is 3.59. The summed E-state index contributed by atoms with van der Waals surface area (Å²) in [5, 5.41) is 1.02. The highest BCUT2D eigenvalue weighted by molar-refractivity contribution is 8.01. The second-order valence-electron chi connectivity index (χ2n) is 5.48. The van der Waals surface area contributed by atoms with Crippen LogP contribution in [0.5, 0.6) is 0 Å². The molecule has 2 heterocycles. The topological polar surface area (TPSA) is 48.4 Å². The van der Waals surface area contributed by atoms with Crippen LogP contribution in [0.3, 0.4) is 0 Å². The molecule has 0 radical (unpaired) electrons. The van der Waals surface area contributed by atoms with E-state index >= 15 is 0 Å². The van der Waals surface area contributed by atoms with Crippen molar-refractivity contribution in [3.63, 3.8) is 0 Å². The Labute approximate surface area is 144 Å². The number of rotatable bonds is 5. The predicted octanol–water partition coefficient (Wildman–Crippen LogP) is 4.15. The summed E-state index contributed by atoms with van der Waals surface area (Å²) in [5.41, 5.74) is 0.431. The van der Waals surface area contributed by atoms with Crippen molar-refractivity contribution >= 4 is 28.9 Å². The zero-order valence-electron chi connectivity index (χ0n) is 13.2. The number of nitrogens with zero attached hydrogens (tertiary/aromatic N) is 1. The smallest absolute Gasteiger partial charge is 0.159 e. The average molecular weight is 349 g/mol. The molecule has 122 valence electrons. The molecule has 1 saturated heterocycles. The first-order valence-corrected chi connectivity index (χ1v) is 9.14. The van der Waals surface area contributed by atoms with Crippen LogP contribution < -0.4 is 0 Å².